The Kier molecular flexibility index (Phi) is 7.50. The maximum absolute atomic E-state index is 13.1. The highest BCUT2D eigenvalue weighted by atomic mass is 32.2. The molecular weight excluding hydrogens is 386 g/mol. The Labute approximate surface area is 174 Å². The van der Waals surface area contributed by atoms with Gasteiger partial charge in [0, 0.05) is 32.3 Å². The van der Waals surface area contributed by atoms with Gasteiger partial charge in [0.2, 0.25) is 15.9 Å². The number of piperidine rings is 2. The van der Waals surface area contributed by atoms with Crippen LogP contribution in [-0.2, 0) is 14.8 Å². The first-order valence-electron chi connectivity index (χ1n) is 10.5. The molecule has 0 aromatic heterocycles. The number of nitrogens with one attached hydrogen (secondary N) is 1. The molecule has 0 atom stereocenters. The predicted molar refractivity (Wildman–Crippen MR) is 118 cm³/mol. The summed E-state index contributed by atoms with van der Waals surface area (Å²) in [6.45, 7) is 4.82. The first-order valence-corrected chi connectivity index (χ1v) is 12.0. The fourth-order valence-corrected chi connectivity index (χ4v) is 5.41. The van der Waals surface area contributed by atoms with Crippen molar-refractivity contribution in [1.29, 1.82) is 0 Å². The van der Waals surface area contributed by atoms with Crippen LogP contribution in [0.4, 0.5) is 11.4 Å². The van der Waals surface area contributed by atoms with Gasteiger partial charge in [0.05, 0.1) is 16.3 Å². The first-order chi connectivity index (χ1) is 14.0. The Hall–Kier alpha value is -2.12. The van der Waals surface area contributed by atoms with Gasteiger partial charge in [-0.1, -0.05) is 24.6 Å². The largest absolute Gasteiger partial charge is 0.370 e. The van der Waals surface area contributed by atoms with Gasteiger partial charge < -0.3 is 10.2 Å². The maximum atomic E-state index is 13.1. The molecule has 0 spiro atoms. The molecule has 1 amide bonds. The summed E-state index contributed by atoms with van der Waals surface area (Å²) in [6, 6.07) is 5.14. The summed E-state index contributed by atoms with van der Waals surface area (Å²) in [5, 5.41) is 2.90. The molecule has 2 aliphatic heterocycles. The van der Waals surface area contributed by atoms with Crippen molar-refractivity contribution < 1.29 is 13.2 Å². The molecular formula is C22H31N3O3S. The smallest absolute Gasteiger partial charge is 0.248 e. The van der Waals surface area contributed by atoms with Crippen molar-refractivity contribution in [2.75, 3.05) is 36.4 Å². The lowest BCUT2D eigenvalue weighted by atomic mass is 10.1. The van der Waals surface area contributed by atoms with Crippen LogP contribution < -0.4 is 10.2 Å². The quantitative estimate of drug-likeness (QED) is 0.563. The second kappa shape index (κ2) is 10.1. The summed E-state index contributed by atoms with van der Waals surface area (Å²) >= 11 is 0. The van der Waals surface area contributed by atoms with Crippen LogP contribution >= 0.6 is 0 Å². The number of anilines is 2. The number of carbonyl (C=O) groups is 1. The van der Waals surface area contributed by atoms with Gasteiger partial charge in [-0.05, 0) is 57.2 Å². The van der Waals surface area contributed by atoms with Gasteiger partial charge in [0.15, 0.2) is 0 Å². The van der Waals surface area contributed by atoms with Crippen molar-refractivity contribution in [3.05, 3.63) is 42.5 Å². The molecule has 0 radical (unpaired) electrons. The van der Waals surface area contributed by atoms with Crippen LogP contribution in [0.3, 0.4) is 0 Å². The second-order valence-corrected chi connectivity index (χ2v) is 9.50. The van der Waals surface area contributed by atoms with E-state index in [4.69, 9.17) is 0 Å². The summed E-state index contributed by atoms with van der Waals surface area (Å²) in [6.07, 6.45) is 13.0. The van der Waals surface area contributed by atoms with E-state index in [9.17, 15) is 13.2 Å². The molecule has 6 nitrogen and oxygen atoms in total. The highest BCUT2D eigenvalue weighted by molar-refractivity contribution is 7.89. The van der Waals surface area contributed by atoms with Crippen molar-refractivity contribution in [2.24, 2.45) is 0 Å². The Morgan fingerprint density at radius 1 is 0.966 bits per heavy atom. The van der Waals surface area contributed by atoms with E-state index in [0.29, 0.717) is 18.8 Å². The van der Waals surface area contributed by atoms with Gasteiger partial charge in [0.1, 0.15) is 0 Å². The zero-order valence-electron chi connectivity index (χ0n) is 17.1. The monoisotopic (exact) mass is 417 g/mol. The van der Waals surface area contributed by atoms with E-state index in [1.165, 1.54) is 12.5 Å². The number of hydrogen-bond donors (Lipinski definition) is 1. The fourth-order valence-electron chi connectivity index (χ4n) is 3.87. The van der Waals surface area contributed by atoms with E-state index in [-0.39, 0.29) is 10.8 Å². The zero-order chi connectivity index (χ0) is 20.7. The average Bonchev–Trinajstić information content (AvgIpc) is 2.75. The second-order valence-electron chi connectivity index (χ2n) is 7.57. The minimum atomic E-state index is -3.55. The third kappa shape index (κ3) is 5.48. The van der Waals surface area contributed by atoms with Crippen LogP contribution in [0.25, 0.3) is 0 Å². The van der Waals surface area contributed by atoms with Gasteiger partial charge in [-0.25, -0.2) is 8.42 Å². The molecule has 158 valence electrons. The molecule has 2 fully saturated rings. The zero-order valence-corrected chi connectivity index (χ0v) is 18.0. The average molecular weight is 418 g/mol. The molecule has 1 aromatic carbocycles. The Morgan fingerprint density at radius 3 is 2.28 bits per heavy atom. The van der Waals surface area contributed by atoms with Gasteiger partial charge in [0.25, 0.3) is 0 Å². The number of amides is 1. The normalized spacial score (nSPS) is 19.1. The minimum absolute atomic E-state index is 0.243. The number of nitrogens with zero attached hydrogens (tertiary/aromatic N) is 2. The van der Waals surface area contributed by atoms with Crippen LogP contribution in [0.5, 0.6) is 0 Å². The SMILES string of the molecule is C/C=C/C=C/C(=O)Nc1cc(S(=O)(=O)N2CCCCC2)ccc1N1CCCCC1. The van der Waals surface area contributed by atoms with Crippen molar-refractivity contribution in [1.82, 2.24) is 4.31 Å². The first kappa shape index (κ1) is 21.6. The molecule has 7 heteroatoms. The fraction of sp³-hybridized carbons (Fsp3) is 0.500. The van der Waals surface area contributed by atoms with E-state index < -0.39 is 10.0 Å². The number of benzene rings is 1. The topological polar surface area (TPSA) is 69.7 Å². The lowest BCUT2D eigenvalue weighted by molar-refractivity contribution is -0.111. The molecule has 2 heterocycles. The standard InChI is InChI=1S/C22H31N3O3S/c1-2-3-6-11-22(26)23-20-18-19(29(27,28)25-16-9-5-10-17-25)12-13-21(20)24-14-7-4-8-15-24/h2-3,6,11-13,18H,4-5,7-10,14-17H2,1H3,(H,23,26)/b3-2+,11-6+. The summed E-state index contributed by atoms with van der Waals surface area (Å²) in [5.74, 6) is -0.270. The van der Waals surface area contributed by atoms with E-state index in [1.54, 1.807) is 28.6 Å². The third-order valence-electron chi connectivity index (χ3n) is 5.43. The van der Waals surface area contributed by atoms with Crippen LogP contribution in [0.15, 0.2) is 47.4 Å². The minimum Gasteiger partial charge on any atom is -0.370 e. The van der Waals surface area contributed by atoms with Crippen LogP contribution in [0.1, 0.15) is 45.4 Å². The van der Waals surface area contributed by atoms with Crippen molar-refractivity contribution in [2.45, 2.75) is 50.3 Å². The predicted octanol–water partition coefficient (Wildman–Crippen LogP) is 3.92. The van der Waals surface area contributed by atoms with Crippen molar-refractivity contribution in [3.63, 3.8) is 0 Å². The van der Waals surface area contributed by atoms with Gasteiger partial charge in [-0.15, -0.1) is 0 Å². The van der Waals surface area contributed by atoms with E-state index in [0.717, 1.165) is 50.9 Å². The molecule has 0 saturated carbocycles. The Morgan fingerprint density at radius 2 is 1.62 bits per heavy atom. The number of rotatable bonds is 6. The highest BCUT2D eigenvalue weighted by Crippen LogP contribution is 2.32. The lowest BCUT2D eigenvalue weighted by Crippen LogP contribution is -2.35. The number of hydrogen-bond acceptors (Lipinski definition) is 4. The maximum Gasteiger partial charge on any atom is 0.248 e. The summed E-state index contributed by atoms with van der Waals surface area (Å²) in [4.78, 5) is 14.8. The summed E-state index contributed by atoms with van der Waals surface area (Å²) in [7, 11) is -3.55. The van der Waals surface area contributed by atoms with Crippen molar-refractivity contribution in [3.8, 4) is 0 Å². The van der Waals surface area contributed by atoms with Gasteiger partial charge >= 0.3 is 0 Å². The van der Waals surface area contributed by atoms with E-state index in [2.05, 4.69) is 10.2 Å². The number of sulfonamides is 1. The van der Waals surface area contributed by atoms with Gasteiger partial charge in [-0.3, -0.25) is 4.79 Å². The lowest BCUT2D eigenvalue weighted by Gasteiger charge is -2.31. The molecule has 29 heavy (non-hydrogen) atoms. The van der Waals surface area contributed by atoms with Crippen LogP contribution in [-0.4, -0.2) is 44.8 Å². The third-order valence-corrected chi connectivity index (χ3v) is 7.32. The molecule has 0 aliphatic carbocycles. The summed E-state index contributed by atoms with van der Waals surface area (Å²) in [5.41, 5.74) is 1.44. The molecule has 1 N–H and O–H groups in total. The number of carbonyl (C=O) groups excluding carboxylic acids is 1. The van der Waals surface area contributed by atoms with Crippen LogP contribution in [0, 0.1) is 0 Å². The van der Waals surface area contributed by atoms with E-state index in [1.807, 2.05) is 19.1 Å². The molecule has 3 rings (SSSR count). The Balaban J connectivity index is 1.92. The van der Waals surface area contributed by atoms with E-state index >= 15 is 0 Å². The molecule has 0 unspecified atom stereocenters. The van der Waals surface area contributed by atoms with Crippen molar-refractivity contribution >= 4 is 27.3 Å². The Bertz CT molecular complexity index is 865. The summed E-state index contributed by atoms with van der Waals surface area (Å²) < 4.78 is 27.8. The highest BCUT2D eigenvalue weighted by Gasteiger charge is 2.27. The molecule has 1 aromatic rings. The number of allylic oxidation sites excluding steroid dienone is 3. The molecule has 0 bridgehead atoms. The molecule has 2 aliphatic rings. The van der Waals surface area contributed by atoms with Crippen LogP contribution in [0.2, 0.25) is 0 Å². The van der Waals surface area contributed by atoms with Gasteiger partial charge in [-0.2, -0.15) is 4.31 Å². The molecule has 2 saturated heterocycles.